The van der Waals surface area contributed by atoms with E-state index in [-0.39, 0.29) is 0 Å². The Morgan fingerprint density at radius 1 is 0.783 bits per heavy atom. The van der Waals surface area contributed by atoms with E-state index in [1.807, 2.05) is 0 Å². The van der Waals surface area contributed by atoms with Crippen LogP contribution in [-0.4, -0.2) is 6.21 Å². The van der Waals surface area contributed by atoms with Gasteiger partial charge >= 0.3 is 0 Å². The molecule has 130 valence electrons. The molecule has 1 aromatic carbocycles. The van der Waals surface area contributed by atoms with Crippen LogP contribution in [0.25, 0.3) is 0 Å². The maximum absolute atomic E-state index is 13.3. The van der Waals surface area contributed by atoms with Crippen LogP contribution in [0.15, 0.2) is 5.16 Å². The number of rotatable bonds is 10. The fourth-order valence-electron chi connectivity index (χ4n) is 2.00. The molecule has 0 aromatic heterocycles. The van der Waals surface area contributed by atoms with Crippen molar-refractivity contribution in [2.45, 2.75) is 58.5 Å². The van der Waals surface area contributed by atoms with Crippen molar-refractivity contribution < 1.29 is 26.8 Å². The Labute approximate surface area is 132 Å². The van der Waals surface area contributed by atoms with Gasteiger partial charge in [-0.25, -0.2) is 22.0 Å². The first-order valence-corrected chi connectivity index (χ1v) is 7.64. The minimum Gasteiger partial charge on any atom is -0.391 e. The van der Waals surface area contributed by atoms with Crippen molar-refractivity contribution in [3.8, 4) is 0 Å². The van der Waals surface area contributed by atoms with Gasteiger partial charge in [0.05, 0.1) is 5.56 Å². The fraction of sp³-hybridized carbons (Fsp3) is 0.562. The molecule has 0 unspecified atom stereocenters. The molecule has 0 aliphatic rings. The zero-order valence-corrected chi connectivity index (χ0v) is 13.0. The van der Waals surface area contributed by atoms with Gasteiger partial charge in [0.2, 0.25) is 5.82 Å². The molecule has 0 N–H and O–H groups in total. The summed E-state index contributed by atoms with van der Waals surface area (Å²) in [6.45, 7) is 1.31. The molecule has 0 heterocycles. The van der Waals surface area contributed by atoms with Gasteiger partial charge in [-0.1, -0.05) is 44.2 Å². The second-order valence-electron chi connectivity index (χ2n) is 5.17. The van der Waals surface area contributed by atoms with Gasteiger partial charge in [0.15, 0.2) is 23.3 Å². The first-order chi connectivity index (χ1) is 11.0. The second-order valence-corrected chi connectivity index (χ2v) is 5.17. The monoisotopic (exact) mass is 337 g/mol. The first-order valence-electron chi connectivity index (χ1n) is 7.64. The summed E-state index contributed by atoms with van der Waals surface area (Å²) in [5.74, 6) is -9.95. The Morgan fingerprint density at radius 3 is 1.91 bits per heavy atom. The third-order valence-corrected chi connectivity index (χ3v) is 3.35. The Kier molecular flexibility index (Phi) is 8.58. The van der Waals surface area contributed by atoms with Crippen LogP contribution < -0.4 is 0 Å². The maximum Gasteiger partial charge on any atom is 0.200 e. The molecule has 0 spiro atoms. The van der Waals surface area contributed by atoms with Crippen molar-refractivity contribution in [3.63, 3.8) is 0 Å². The van der Waals surface area contributed by atoms with Gasteiger partial charge in [-0.15, -0.1) is 0 Å². The molecular weight excluding hydrogens is 317 g/mol. The van der Waals surface area contributed by atoms with E-state index in [9.17, 15) is 22.0 Å². The number of hydrogen-bond donors (Lipinski definition) is 0. The van der Waals surface area contributed by atoms with E-state index >= 15 is 0 Å². The summed E-state index contributed by atoms with van der Waals surface area (Å²) in [5, 5.41) is 3.47. The van der Waals surface area contributed by atoms with Crippen molar-refractivity contribution in [3.05, 3.63) is 34.6 Å². The highest BCUT2D eigenvalue weighted by molar-refractivity contribution is 5.56. The van der Waals surface area contributed by atoms with E-state index in [0.29, 0.717) is 6.42 Å². The lowest BCUT2D eigenvalue weighted by Gasteiger charge is -2.06. The molecule has 0 aliphatic carbocycles. The summed E-state index contributed by atoms with van der Waals surface area (Å²) in [7, 11) is 0. The summed E-state index contributed by atoms with van der Waals surface area (Å²) in [6, 6.07) is 0. The van der Waals surface area contributed by atoms with E-state index in [4.69, 9.17) is 0 Å². The summed E-state index contributed by atoms with van der Waals surface area (Å²) in [6.07, 6.45) is 8.70. The standard InChI is InChI=1S/C16H20F5NO/c1-2-3-4-5-6-7-8-9-22-23-10-11-12(17)14(19)16(21)15(20)13(11)18/h9H,2-8,10H2,1H3/b22-9+. The van der Waals surface area contributed by atoms with Gasteiger partial charge in [-0.05, 0) is 12.8 Å². The second kappa shape index (κ2) is 10.2. The Hall–Kier alpha value is -1.66. The minimum atomic E-state index is -2.18. The van der Waals surface area contributed by atoms with E-state index < -0.39 is 41.3 Å². The van der Waals surface area contributed by atoms with Crippen LogP contribution in [0, 0.1) is 29.1 Å². The molecular formula is C16H20F5NO. The molecule has 0 aliphatic heterocycles. The van der Waals surface area contributed by atoms with Crippen molar-refractivity contribution in [1.29, 1.82) is 0 Å². The third-order valence-electron chi connectivity index (χ3n) is 3.35. The topological polar surface area (TPSA) is 21.6 Å². The van der Waals surface area contributed by atoms with Gasteiger partial charge in [-0.2, -0.15) is 0 Å². The van der Waals surface area contributed by atoms with Gasteiger partial charge in [-0.3, -0.25) is 0 Å². The Balaban J connectivity index is 2.38. The molecule has 0 saturated carbocycles. The smallest absolute Gasteiger partial charge is 0.200 e. The number of oxime groups is 1. The Morgan fingerprint density at radius 2 is 1.30 bits per heavy atom. The molecule has 7 heteroatoms. The molecule has 0 bridgehead atoms. The lowest BCUT2D eigenvalue weighted by atomic mass is 10.1. The average molecular weight is 337 g/mol. The SMILES string of the molecule is CCCCCCCC/C=N/OCc1c(F)c(F)c(F)c(F)c1F. The van der Waals surface area contributed by atoms with E-state index in [1.54, 1.807) is 0 Å². The van der Waals surface area contributed by atoms with Crippen LogP contribution in [0.5, 0.6) is 0 Å². The molecule has 2 nitrogen and oxygen atoms in total. The number of halogens is 5. The molecule has 0 saturated heterocycles. The number of unbranched alkanes of at least 4 members (excludes halogenated alkanes) is 6. The van der Waals surface area contributed by atoms with Gasteiger partial charge in [0.25, 0.3) is 0 Å². The molecule has 0 radical (unpaired) electrons. The summed E-state index contributed by atoms with van der Waals surface area (Å²) in [5.41, 5.74) is -1.03. The lowest BCUT2D eigenvalue weighted by Crippen LogP contribution is -2.07. The van der Waals surface area contributed by atoms with Crippen LogP contribution in [0.1, 0.15) is 57.4 Å². The quantitative estimate of drug-likeness (QED) is 0.135. The molecule has 1 aromatic rings. The highest BCUT2D eigenvalue weighted by Gasteiger charge is 2.25. The first kappa shape index (κ1) is 19.4. The van der Waals surface area contributed by atoms with Crippen LogP contribution in [0.3, 0.4) is 0 Å². The highest BCUT2D eigenvalue weighted by atomic mass is 19.2. The molecule has 0 amide bonds. The minimum absolute atomic E-state index is 0.628. The summed E-state index contributed by atoms with van der Waals surface area (Å²) in [4.78, 5) is 4.61. The zero-order chi connectivity index (χ0) is 17.2. The van der Waals surface area contributed by atoms with Crippen molar-refractivity contribution in [2.24, 2.45) is 5.16 Å². The van der Waals surface area contributed by atoms with Crippen LogP contribution in [-0.2, 0) is 11.4 Å². The number of hydrogen-bond acceptors (Lipinski definition) is 2. The van der Waals surface area contributed by atoms with E-state index in [0.717, 1.165) is 19.3 Å². The van der Waals surface area contributed by atoms with Gasteiger partial charge < -0.3 is 4.84 Å². The zero-order valence-electron chi connectivity index (χ0n) is 13.0. The average Bonchev–Trinajstić information content (AvgIpc) is 2.55. The molecule has 0 atom stereocenters. The largest absolute Gasteiger partial charge is 0.391 e. The van der Waals surface area contributed by atoms with Crippen molar-refractivity contribution in [2.75, 3.05) is 0 Å². The molecule has 23 heavy (non-hydrogen) atoms. The van der Waals surface area contributed by atoms with Gasteiger partial charge in [0, 0.05) is 6.21 Å². The highest BCUT2D eigenvalue weighted by Crippen LogP contribution is 2.23. The lowest BCUT2D eigenvalue weighted by molar-refractivity contribution is 0.124. The summed E-state index contributed by atoms with van der Waals surface area (Å²) >= 11 is 0. The predicted molar refractivity (Wildman–Crippen MR) is 77.5 cm³/mol. The number of benzene rings is 1. The van der Waals surface area contributed by atoms with Crippen molar-refractivity contribution in [1.82, 2.24) is 0 Å². The van der Waals surface area contributed by atoms with E-state index in [1.165, 1.54) is 25.5 Å². The van der Waals surface area contributed by atoms with Crippen LogP contribution >= 0.6 is 0 Å². The molecule has 1 rings (SSSR count). The third kappa shape index (κ3) is 5.80. The maximum atomic E-state index is 13.3. The Bertz CT molecular complexity index is 505. The van der Waals surface area contributed by atoms with E-state index in [2.05, 4.69) is 16.9 Å². The normalized spacial score (nSPS) is 11.4. The predicted octanol–water partition coefficient (Wildman–Crippen LogP) is 5.64. The van der Waals surface area contributed by atoms with Gasteiger partial charge in [0.1, 0.15) is 6.61 Å². The number of nitrogens with zero attached hydrogens (tertiary/aromatic N) is 1. The summed E-state index contributed by atoms with van der Waals surface area (Å²) < 4.78 is 65.4. The van der Waals surface area contributed by atoms with Crippen LogP contribution in [0.4, 0.5) is 22.0 Å². The van der Waals surface area contributed by atoms with Crippen LogP contribution in [0.2, 0.25) is 0 Å². The van der Waals surface area contributed by atoms with Crippen molar-refractivity contribution >= 4 is 6.21 Å². The molecule has 0 fully saturated rings. The fourth-order valence-corrected chi connectivity index (χ4v) is 2.00.